The van der Waals surface area contributed by atoms with Crippen molar-refractivity contribution in [3.05, 3.63) is 168 Å². The van der Waals surface area contributed by atoms with Crippen molar-refractivity contribution in [1.82, 2.24) is 0 Å². The first-order valence-electron chi connectivity index (χ1n) is 11.4. The summed E-state index contributed by atoms with van der Waals surface area (Å²) in [5.41, 5.74) is 7.10. The number of rotatable bonds is 5. The molecule has 172 valence electrons. The van der Waals surface area contributed by atoms with E-state index < -0.39 is 11.6 Å². The van der Waals surface area contributed by atoms with Gasteiger partial charge < -0.3 is 10.2 Å². The van der Waals surface area contributed by atoms with Crippen LogP contribution in [-0.2, 0) is 5.41 Å². The Labute approximate surface area is 205 Å². The van der Waals surface area contributed by atoms with Gasteiger partial charge in [-0.3, -0.25) is 0 Å². The highest BCUT2D eigenvalue weighted by Gasteiger charge is 2.39. The van der Waals surface area contributed by atoms with Crippen molar-refractivity contribution < 1.29 is 15.0 Å². The minimum absolute atomic E-state index is 0.434. The van der Waals surface area contributed by atoms with E-state index in [1.54, 1.807) is 0 Å². The molecule has 35 heavy (non-hydrogen) atoms. The van der Waals surface area contributed by atoms with Gasteiger partial charge in [0.2, 0.25) is 0 Å². The number of carboxylic acid groups (broad SMARTS) is 2. The molecule has 5 rings (SSSR count). The Bertz CT molecular complexity index is 1250. The molecule has 0 amide bonds. The van der Waals surface area contributed by atoms with E-state index in [0.717, 1.165) is 0 Å². The van der Waals surface area contributed by atoms with Gasteiger partial charge in [-0.2, -0.15) is 0 Å². The van der Waals surface area contributed by atoms with E-state index in [9.17, 15) is 0 Å². The molecule has 3 heteroatoms. The highest BCUT2D eigenvalue weighted by molar-refractivity contribution is 5.74. The molecule has 0 heterocycles. The van der Waals surface area contributed by atoms with Gasteiger partial charge in [0.1, 0.15) is 0 Å². The van der Waals surface area contributed by atoms with Crippen LogP contribution in [-0.4, -0.2) is 16.4 Å². The van der Waals surface area contributed by atoms with Gasteiger partial charge in [-0.05, 0) is 33.4 Å². The third-order valence-corrected chi connectivity index (χ3v) is 6.04. The quantitative estimate of drug-likeness (QED) is 0.263. The molecular weight excluding hydrogens is 432 g/mol. The smallest absolute Gasteiger partial charge is 0.450 e. The molecule has 0 aliphatic carbocycles. The summed E-state index contributed by atoms with van der Waals surface area (Å²) in [6.45, 7) is 0. The minimum atomic E-state index is -1.83. The number of hydrogen-bond acceptors (Lipinski definition) is 1. The Balaban J connectivity index is 0.000000672. The van der Waals surface area contributed by atoms with Crippen LogP contribution in [0.3, 0.4) is 0 Å². The van der Waals surface area contributed by atoms with Crippen molar-refractivity contribution in [2.24, 2.45) is 0 Å². The summed E-state index contributed by atoms with van der Waals surface area (Å²) in [7, 11) is 0. The summed E-state index contributed by atoms with van der Waals surface area (Å²) in [6, 6.07) is 52.1. The van der Waals surface area contributed by atoms with Gasteiger partial charge >= 0.3 is 6.16 Å². The molecule has 0 radical (unpaired) electrons. The lowest BCUT2D eigenvalue weighted by Crippen LogP contribution is -2.31. The molecule has 0 aromatic heterocycles. The predicted molar refractivity (Wildman–Crippen MR) is 141 cm³/mol. The highest BCUT2D eigenvalue weighted by atomic mass is 16.6. The molecule has 0 atom stereocenters. The summed E-state index contributed by atoms with van der Waals surface area (Å²) in [5.74, 6) is 0. The highest BCUT2D eigenvalue weighted by Crippen LogP contribution is 2.48. The van der Waals surface area contributed by atoms with Gasteiger partial charge in [0.25, 0.3) is 0 Å². The average Bonchev–Trinajstić information content (AvgIpc) is 2.92. The van der Waals surface area contributed by atoms with E-state index >= 15 is 0 Å². The van der Waals surface area contributed by atoms with Gasteiger partial charge in [-0.1, -0.05) is 146 Å². The molecule has 0 bridgehead atoms. The first kappa shape index (κ1) is 23.5. The Kier molecular flexibility index (Phi) is 7.39. The maximum Gasteiger partial charge on any atom is 0.503 e. The van der Waals surface area contributed by atoms with Crippen molar-refractivity contribution in [3.8, 4) is 11.1 Å². The third kappa shape index (κ3) is 4.99. The van der Waals surface area contributed by atoms with Gasteiger partial charge in [0.15, 0.2) is 0 Å². The van der Waals surface area contributed by atoms with E-state index in [1.807, 2.05) is 0 Å². The van der Waals surface area contributed by atoms with Crippen molar-refractivity contribution >= 4 is 6.16 Å². The SMILES string of the molecule is O=C(O)O.c1ccc(-c2ccccc2C(c2ccccc2)(c2ccccc2)c2ccccc2)cc1. The molecule has 5 aromatic carbocycles. The zero-order chi connectivity index (χ0) is 24.5. The van der Waals surface area contributed by atoms with Crippen LogP contribution in [0.5, 0.6) is 0 Å². The number of benzene rings is 5. The standard InChI is InChI=1S/C31H24.CH2O3/c1-5-15-25(16-6-1)29-23-13-14-24-30(29)31(26-17-7-2-8-18-26,27-19-9-3-10-20-27)28-21-11-4-12-22-28;2-1(3)4/h1-24H;(H2,2,3,4). The maximum atomic E-state index is 8.56. The maximum absolute atomic E-state index is 8.56. The van der Waals surface area contributed by atoms with Gasteiger partial charge in [0.05, 0.1) is 5.41 Å². The monoisotopic (exact) mass is 458 g/mol. The lowest BCUT2D eigenvalue weighted by molar-refractivity contribution is 0.137. The van der Waals surface area contributed by atoms with Crippen LogP contribution >= 0.6 is 0 Å². The van der Waals surface area contributed by atoms with Crippen LogP contribution in [0.4, 0.5) is 4.79 Å². The molecule has 0 aliphatic rings. The second kappa shape index (κ2) is 11.0. The van der Waals surface area contributed by atoms with Crippen LogP contribution in [0, 0.1) is 0 Å². The first-order chi connectivity index (χ1) is 17.1. The Morgan fingerprint density at radius 1 is 0.457 bits per heavy atom. The lowest BCUT2D eigenvalue weighted by Gasteiger charge is -2.38. The number of hydrogen-bond donors (Lipinski definition) is 2. The summed E-state index contributed by atoms with van der Waals surface area (Å²) >= 11 is 0. The summed E-state index contributed by atoms with van der Waals surface area (Å²) < 4.78 is 0. The molecule has 0 spiro atoms. The molecule has 0 aliphatic heterocycles. The molecule has 0 saturated carbocycles. The molecule has 0 saturated heterocycles. The second-order valence-corrected chi connectivity index (χ2v) is 8.04. The summed E-state index contributed by atoms with van der Waals surface area (Å²) in [4.78, 5) is 8.56. The van der Waals surface area contributed by atoms with Crippen LogP contribution in [0.1, 0.15) is 22.3 Å². The van der Waals surface area contributed by atoms with E-state index in [4.69, 9.17) is 15.0 Å². The van der Waals surface area contributed by atoms with Crippen LogP contribution in [0.15, 0.2) is 146 Å². The van der Waals surface area contributed by atoms with Gasteiger partial charge in [0, 0.05) is 0 Å². The zero-order valence-electron chi connectivity index (χ0n) is 19.2. The molecule has 0 unspecified atom stereocenters. The molecule has 0 fully saturated rings. The summed E-state index contributed by atoms with van der Waals surface area (Å²) in [5, 5.41) is 13.9. The molecule has 2 N–H and O–H groups in total. The second-order valence-electron chi connectivity index (χ2n) is 8.04. The Morgan fingerprint density at radius 2 is 0.771 bits per heavy atom. The van der Waals surface area contributed by atoms with Gasteiger partial charge in [-0.25, -0.2) is 4.79 Å². The fourth-order valence-electron chi connectivity index (χ4n) is 4.71. The summed E-state index contributed by atoms with van der Waals surface area (Å²) in [6.07, 6.45) is -1.83. The first-order valence-corrected chi connectivity index (χ1v) is 11.4. The lowest BCUT2D eigenvalue weighted by atomic mass is 9.63. The average molecular weight is 459 g/mol. The van der Waals surface area contributed by atoms with E-state index in [0.29, 0.717) is 0 Å². The normalized spacial score (nSPS) is 10.6. The van der Waals surface area contributed by atoms with Crippen molar-refractivity contribution in [2.75, 3.05) is 0 Å². The van der Waals surface area contributed by atoms with E-state index in [2.05, 4.69) is 146 Å². The van der Waals surface area contributed by atoms with Crippen LogP contribution in [0.25, 0.3) is 11.1 Å². The van der Waals surface area contributed by atoms with E-state index in [1.165, 1.54) is 33.4 Å². The largest absolute Gasteiger partial charge is 0.503 e. The molecule has 3 nitrogen and oxygen atoms in total. The topological polar surface area (TPSA) is 57.5 Å². The van der Waals surface area contributed by atoms with Crippen molar-refractivity contribution in [1.29, 1.82) is 0 Å². The molecule has 5 aromatic rings. The molecular formula is C32H26O3. The van der Waals surface area contributed by atoms with E-state index in [-0.39, 0.29) is 0 Å². The fourth-order valence-corrected chi connectivity index (χ4v) is 4.71. The third-order valence-electron chi connectivity index (χ3n) is 6.04. The number of carbonyl (C=O) groups is 1. The Hall–Kier alpha value is -4.63. The predicted octanol–water partition coefficient (Wildman–Crippen LogP) is 7.96. The van der Waals surface area contributed by atoms with Crippen molar-refractivity contribution in [3.63, 3.8) is 0 Å². The zero-order valence-corrected chi connectivity index (χ0v) is 19.2. The van der Waals surface area contributed by atoms with Crippen molar-refractivity contribution in [2.45, 2.75) is 5.41 Å². The Morgan fingerprint density at radius 3 is 1.17 bits per heavy atom. The van der Waals surface area contributed by atoms with Gasteiger partial charge in [-0.15, -0.1) is 0 Å². The van der Waals surface area contributed by atoms with Crippen LogP contribution in [0.2, 0.25) is 0 Å². The minimum Gasteiger partial charge on any atom is -0.450 e. The fraction of sp³-hybridized carbons (Fsp3) is 0.0312. The van der Waals surface area contributed by atoms with Crippen LogP contribution < -0.4 is 0 Å².